The molecule has 0 unspecified atom stereocenters. The van der Waals surface area contributed by atoms with Crippen molar-refractivity contribution in [2.75, 3.05) is 20.1 Å². The lowest BCUT2D eigenvalue weighted by Crippen LogP contribution is -2.35. The summed E-state index contributed by atoms with van der Waals surface area (Å²) in [6.45, 7) is 3.82. The Labute approximate surface area is 134 Å². The second-order valence-corrected chi connectivity index (χ2v) is 5.64. The zero-order valence-corrected chi connectivity index (χ0v) is 14.2. The van der Waals surface area contributed by atoms with E-state index in [0.717, 1.165) is 16.5 Å². The van der Waals surface area contributed by atoms with E-state index in [2.05, 4.69) is 26.2 Å². The SMILES string of the molecule is CCCN=C(N)NCCC(=O)N(C)Cc1ccccc1Br. The standard InChI is InChI=1S/C15H23BrN4O/c1-3-9-18-15(17)19-10-8-14(21)20(2)11-12-6-4-5-7-13(12)16/h4-7H,3,8-11H2,1-2H3,(H3,17,18,19). The van der Waals surface area contributed by atoms with Crippen LogP contribution in [0.1, 0.15) is 25.3 Å². The molecule has 1 aromatic rings. The highest BCUT2D eigenvalue weighted by Crippen LogP contribution is 2.17. The monoisotopic (exact) mass is 354 g/mol. The minimum atomic E-state index is 0.0709. The Morgan fingerprint density at radius 1 is 1.43 bits per heavy atom. The molecule has 0 spiro atoms. The van der Waals surface area contributed by atoms with Crippen molar-refractivity contribution in [2.45, 2.75) is 26.3 Å². The van der Waals surface area contributed by atoms with E-state index in [0.29, 0.717) is 32.0 Å². The second-order valence-electron chi connectivity index (χ2n) is 4.78. The summed E-state index contributed by atoms with van der Waals surface area (Å²) in [5.41, 5.74) is 6.76. The van der Waals surface area contributed by atoms with Crippen molar-refractivity contribution < 1.29 is 4.79 Å². The van der Waals surface area contributed by atoms with Gasteiger partial charge in [-0.05, 0) is 18.1 Å². The molecule has 0 saturated heterocycles. The van der Waals surface area contributed by atoms with Crippen LogP contribution >= 0.6 is 15.9 Å². The van der Waals surface area contributed by atoms with Gasteiger partial charge in [0.25, 0.3) is 0 Å². The van der Waals surface area contributed by atoms with Gasteiger partial charge in [0.2, 0.25) is 5.91 Å². The molecule has 21 heavy (non-hydrogen) atoms. The molecule has 0 fully saturated rings. The van der Waals surface area contributed by atoms with Crippen LogP contribution in [0.3, 0.4) is 0 Å². The lowest BCUT2D eigenvalue weighted by molar-refractivity contribution is -0.130. The topological polar surface area (TPSA) is 70.7 Å². The molecule has 6 heteroatoms. The normalized spacial score (nSPS) is 11.3. The molecule has 0 bridgehead atoms. The van der Waals surface area contributed by atoms with Crippen molar-refractivity contribution in [3.8, 4) is 0 Å². The van der Waals surface area contributed by atoms with Gasteiger partial charge in [-0.25, -0.2) is 0 Å². The number of guanidine groups is 1. The third kappa shape index (κ3) is 6.62. The highest BCUT2D eigenvalue weighted by atomic mass is 79.9. The maximum absolute atomic E-state index is 12.0. The molecular formula is C15H23BrN4O. The highest BCUT2D eigenvalue weighted by Gasteiger charge is 2.10. The fourth-order valence-electron chi connectivity index (χ4n) is 1.75. The fraction of sp³-hybridized carbons (Fsp3) is 0.467. The number of carbonyl (C=O) groups is 1. The molecule has 1 rings (SSSR count). The Kier molecular flexibility index (Phi) is 7.82. The molecule has 0 aliphatic carbocycles. The van der Waals surface area contributed by atoms with Crippen LogP contribution in [0.25, 0.3) is 0 Å². The zero-order chi connectivity index (χ0) is 15.7. The lowest BCUT2D eigenvalue weighted by Gasteiger charge is -2.18. The molecule has 0 radical (unpaired) electrons. The highest BCUT2D eigenvalue weighted by molar-refractivity contribution is 9.10. The summed E-state index contributed by atoms with van der Waals surface area (Å²) in [7, 11) is 1.80. The Bertz CT molecular complexity index is 490. The third-order valence-corrected chi connectivity index (χ3v) is 3.72. The number of amides is 1. The maximum atomic E-state index is 12.0. The smallest absolute Gasteiger partial charge is 0.224 e. The summed E-state index contributed by atoms with van der Waals surface area (Å²) in [5, 5.41) is 2.95. The van der Waals surface area contributed by atoms with Crippen LogP contribution < -0.4 is 11.1 Å². The van der Waals surface area contributed by atoms with Crippen molar-refractivity contribution in [3.63, 3.8) is 0 Å². The average molecular weight is 355 g/mol. The Morgan fingerprint density at radius 3 is 2.81 bits per heavy atom. The minimum Gasteiger partial charge on any atom is -0.370 e. The van der Waals surface area contributed by atoms with E-state index in [4.69, 9.17) is 5.73 Å². The van der Waals surface area contributed by atoms with Crippen LogP contribution in [-0.4, -0.2) is 36.9 Å². The molecule has 3 N–H and O–H groups in total. The van der Waals surface area contributed by atoms with Crippen molar-refractivity contribution in [2.24, 2.45) is 10.7 Å². The van der Waals surface area contributed by atoms with Crippen LogP contribution in [0.4, 0.5) is 0 Å². The van der Waals surface area contributed by atoms with Crippen molar-refractivity contribution in [3.05, 3.63) is 34.3 Å². The minimum absolute atomic E-state index is 0.0709. The number of halogens is 1. The molecule has 0 aliphatic heterocycles. The average Bonchev–Trinajstić information content (AvgIpc) is 2.47. The van der Waals surface area contributed by atoms with E-state index in [1.807, 2.05) is 31.2 Å². The number of nitrogens with two attached hydrogens (primary N) is 1. The van der Waals surface area contributed by atoms with E-state index in [9.17, 15) is 4.79 Å². The second kappa shape index (κ2) is 9.39. The van der Waals surface area contributed by atoms with Gasteiger partial charge in [0.1, 0.15) is 0 Å². The van der Waals surface area contributed by atoms with Gasteiger partial charge in [-0.1, -0.05) is 41.1 Å². The molecular weight excluding hydrogens is 332 g/mol. The Balaban J connectivity index is 2.37. The van der Waals surface area contributed by atoms with Crippen LogP contribution in [0.5, 0.6) is 0 Å². The number of aliphatic imine (C=N–C) groups is 1. The first-order valence-corrected chi connectivity index (χ1v) is 7.85. The molecule has 0 heterocycles. The first kappa shape index (κ1) is 17.5. The number of hydrogen-bond donors (Lipinski definition) is 2. The molecule has 0 atom stereocenters. The summed E-state index contributed by atoms with van der Waals surface area (Å²) in [6.07, 6.45) is 1.35. The van der Waals surface area contributed by atoms with E-state index < -0.39 is 0 Å². The predicted octanol–water partition coefficient (Wildman–Crippen LogP) is 2.11. The first-order chi connectivity index (χ1) is 10.0. The quantitative estimate of drug-likeness (QED) is 0.581. The largest absolute Gasteiger partial charge is 0.370 e. The van der Waals surface area contributed by atoms with Gasteiger partial charge in [0, 0.05) is 37.6 Å². The number of nitrogens with one attached hydrogen (secondary N) is 1. The van der Waals surface area contributed by atoms with E-state index in [1.165, 1.54) is 0 Å². The first-order valence-electron chi connectivity index (χ1n) is 7.05. The summed E-state index contributed by atoms with van der Waals surface area (Å²) in [5.74, 6) is 0.472. The van der Waals surface area contributed by atoms with Gasteiger partial charge in [0.05, 0.1) is 0 Å². The molecule has 1 aromatic carbocycles. The van der Waals surface area contributed by atoms with Crippen LogP contribution in [0.15, 0.2) is 33.7 Å². The molecule has 116 valence electrons. The Hall–Kier alpha value is -1.56. The number of carbonyl (C=O) groups excluding carboxylic acids is 1. The lowest BCUT2D eigenvalue weighted by atomic mass is 10.2. The van der Waals surface area contributed by atoms with Crippen molar-refractivity contribution >= 4 is 27.8 Å². The summed E-state index contributed by atoms with van der Waals surface area (Å²) < 4.78 is 1.01. The van der Waals surface area contributed by atoms with Gasteiger partial charge in [0.15, 0.2) is 5.96 Å². The van der Waals surface area contributed by atoms with Gasteiger partial charge >= 0.3 is 0 Å². The van der Waals surface area contributed by atoms with Gasteiger partial charge < -0.3 is 16.0 Å². The number of benzene rings is 1. The van der Waals surface area contributed by atoms with Gasteiger partial charge in [-0.15, -0.1) is 0 Å². The molecule has 1 amide bonds. The Morgan fingerprint density at radius 2 is 2.14 bits per heavy atom. The number of rotatable bonds is 7. The van der Waals surface area contributed by atoms with Crippen LogP contribution in [0.2, 0.25) is 0 Å². The summed E-state index contributed by atoms with van der Waals surface area (Å²) in [4.78, 5) is 17.9. The predicted molar refractivity (Wildman–Crippen MR) is 90.0 cm³/mol. The van der Waals surface area contributed by atoms with Crippen molar-refractivity contribution in [1.82, 2.24) is 10.2 Å². The number of hydrogen-bond acceptors (Lipinski definition) is 2. The zero-order valence-electron chi connectivity index (χ0n) is 12.6. The van der Waals surface area contributed by atoms with Gasteiger partial charge in [-0.2, -0.15) is 0 Å². The van der Waals surface area contributed by atoms with Crippen LogP contribution in [-0.2, 0) is 11.3 Å². The van der Waals surface area contributed by atoms with Crippen molar-refractivity contribution in [1.29, 1.82) is 0 Å². The maximum Gasteiger partial charge on any atom is 0.224 e. The molecule has 0 saturated carbocycles. The number of nitrogens with zero attached hydrogens (tertiary/aromatic N) is 2. The molecule has 0 aromatic heterocycles. The molecule has 0 aliphatic rings. The van der Waals surface area contributed by atoms with E-state index in [-0.39, 0.29) is 5.91 Å². The fourth-order valence-corrected chi connectivity index (χ4v) is 2.16. The summed E-state index contributed by atoms with van der Waals surface area (Å²) in [6, 6.07) is 7.89. The van der Waals surface area contributed by atoms with Gasteiger partial charge in [-0.3, -0.25) is 9.79 Å². The molecule has 5 nitrogen and oxygen atoms in total. The summed E-state index contributed by atoms with van der Waals surface area (Å²) >= 11 is 3.49. The van der Waals surface area contributed by atoms with E-state index in [1.54, 1.807) is 11.9 Å². The van der Waals surface area contributed by atoms with Crippen LogP contribution in [0, 0.1) is 0 Å². The third-order valence-electron chi connectivity index (χ3n) is 2.94. The van der Waals surface area contributed by atoms with E-state index >= 15 is 0 Å².